The summed E-state index contributed by atoms with van der Waals surface area (Å²) in [4.78, 5) is 35.5. The minimum Gasteiger partial charge on any atom is -0.494 e. The van der Waals surface area contributed by atoms with Crippen molar-refractivity contribution in [2.24, 2.45) is 0 Å². The molecular weight excluding hydrogens is 558 g/mol. The van der Waals surface area contributed by atoms with Crippen LogP contribution in [0.15, 0.2) is 60.8 Å². The van der Waals surface area contributed by atoms with Crippen LogP contribution in [0.2, 0.25) is 0 Å². The van der Waals surface area contributed by atoms with E-state index < -0.39 is 34.4 Å². The van der Waals surface area contributed by atoms with E-state index in [0.717, 1.165) is 0 Å². The Morgan fingerprint density at radius 1 is 1.16 bits per heavy atom. The van der Waals surface area contributed by atoms with E-state index in [1.807, 2.05) is 6.07 Å². The molecule has 222 valence electrons. The Labute approximate surface area is 246 Å². The molecule has 1 aliphatic heterocycles. The second-order valence-electron chi connectivity index (χ2n) is 11.5. The van der Waals surface area contributed by atoms with Crippen LogP contribution in [0, 0.1) is 5.82 Å². The molecule has 6 rings (SSSR count). The van der Waals surface area contributed by atoms with Gasteiger partial charge in [0.2, 0.25) is 5.91 Å². The minimum atomic E-state index is -1.74. The molecule has 2 aromatic carbocycles. The van der Waals surface area contributed by atoms with Gasteiger partial charge in [0.05, 0.1) is 19.3 Å². The van der Waals surface area contributed by atoms with Crippen LogP contribution in [0.5, 0.6) is 11.5 Å². The van der Waals surface area contributed by atoms with Crippen LogP contribution >= 0.6 is 0 Å². The second-order valence-corrected chi connectivity index (χ2v) is 11.5. The van der Waals surface area contributed by atoms with Crippen molar-refractivity contribution in [1.29, 1.82) is 0 Å². The lowest BCUT2D eigenvalue weighted by Crippen LogP contribution is -2.47. The van der Waals surface area contributed by atoms with E-state index >= 15 is 0 Å². The van der Waals surface area contributed by atoms with Crippen molar-refractivity contribution in [2.45, 2.75) is 43.5 Å². The summed E-state index contributed by atoms with van der Waals surface area (Å²) in [7, 11) is 1.49. The Kier molecular flexibility index (Phi) is 6.80. The monoisotopic (exact) mass is 588 g/mol. The predicted octanol–water partition coefficient (Wildman–Crippen LogP) is 4.31. The van der Waals surface area contributed by atoms with Gasteiger partial charge in [0.25, 0.3) is 5.91 Å². The lowest BCUT2D eigenvalue weighted by Gasteiger charge is -2.27. The van der Waals surface area contributed by atoms with Gasteiger partial charge in [-0.25, -0.2) is 13.8 Å². The number of ether oxygens (including phenoxy) is 2. The minimum absolute atomic E-state index is 0.0822. The first-order chi connectivity index (χ1) is 20.4. The maximum absolute atomic E-state index is 14.5. The van der Waals surface area contributed by atoms with Crippen LogP contribution in [-0.2, 0) is 15.8 Å². The van der Waals surface area contributed by atoms with Crippen molar-refractivity contribution in [3.63, 3.8) is 0 Å². The smallest absolute Gasteiger partial charge is 0.251 e. The Hall–Kier alpha value is -4.64. The standard InChI is InChI=1S/C32H30F2N4O5/c1-30(29(40)38-32(34)10-11-32)17-43-27-22(30)15-24(37-26(27)18-6-8-21(33)9-7-18)31(2,41)16-36-28(39)20-13-19-5-4-12-35-25(19)23(14-20)42-3/h4-9,12-15,41H,10-11,16-17H2,1-3H3,(H,36,39)(H,38,40)/t30-,31-/m0/s1. The fraction of sp³-hybridized carbons (Fsp3) is 0.312. The van der Waals surface area contributed by atoms with Gasteiger partial charge in [0, 0.05) is 41.1 Å². The van der Waals surface area contributed by atoms with Gasteiger partial charge < -0.3 is 25.2 Å². The van der Waals surface area contributed by atoms with Gasteiger partial charge in [-0.3, -0.25) is 14.6 Å². The summed E-state index contributed by atoms with van der Waals surface area (Å²) in [6.07, 6.45) is 2.10. The van der Waals surface area contributed by atoms with Gasteiger partial charge in [-0.05, 0) is 62.4 Å². The van der Waals surface area contributed by atoms with Crippen molar-refractivity contribution in [3.05, 3.63) is 83.4 Å². The number of carbonyl (C=O) groups is 2. The highest BCUT2D eigenvalue weighted by molar-refractivity contribution is 6.00. The number of rotatable bonds is 8. The zero-order valence-electron chi connectivity index (χ0n) is 23.8. The zero-order valence-corrected chi connectivity index (χ0v) is 23.8. The first-order valence-electron chi connectivity index (χ1n) is 13.8. The number of hydrogen-bond donors (Lipinski definition) is 3. The molecule has 2 amide bonds. The number of alkyl halides is 1. The molecule has 1 aliphatic carbocycles. The highest BCUT2D eigenvalue weighted by Crippen LogP contribution is 2.47. The molecule has 0 unspecified atom stereocenters. The number of carbonyl (C=O) groups excluding carboxylic acids is 2. The molecule has 0 saturated heterocycles. The zero-order chi connectivity index (χ0) is 30.6. The lowest BCUT2D eigenvalue weighted by atomic mass is 9.81. The van der Waals surface area contributed by atoms with Crippen LogP contribution in [0.3, 0.4) is 0 Å². The number of fused-ring (bicyclic) bond motifs is 2. The third-order valence-electron chi connectivity index (χ3n) is 8.01. The first kappa shape index (κ1) is 28.5. The van der Waals surface area contributed by atoms with Gasteiger partial charge >= 0.3 is 0 Å². The molecule has 3 N–H and O–H groups in total. The molecule has 4 aromatic rings. The Balaban J connectivity index is 1.34. The number of aliphatic hydroxyl groups is 1. The summed E-state index contributed by atoms with van der Waals surface area (Å²) in [5, 5.41) is 17.6. The molecule has 1 saturated carbocycles. The van der Waals surface area contributed by atoms with E-state index in [0.29, 0.717) is 33.3 Å². The molecule has 43 heavy (non-hydrogen) atoms. The average molecular weight is 589 g/mol. The van der Waals surface area contributed by atoms with Crippen molar-refractivity contribution in [1.82, 2.24) is 20.6 Å². The quantitative estimate of drug-likeness (QED) is 0.262. The molecule has 1 fully saturated rings. The molecule has 2 aliphatic rings. The van der Waals surface area contributed by atoms with Crippen LogP contribution in [-0.4, -0.2) is 52.9 Å². The molecule has 9 nitrogen and oxygen atoms in total. The number of amides is 2. The maximum atomic E-state index is 14.5. The summed E-state index contributed by atoms with van der Waals surface area (Å²) in [5.74, 6) is -2.49. The summed E-state index contributed by atoms with van der Waals surface area (Å²) in [6, 6.07) is 13.9. The summed E-state index contributed by atoms with van der Waals surface area (Å²) in [5.41, 5.74) is -0.792. The number of methoxy groups -OCH3 is 1. The average Bonchev–Trinajstić information content (AvgIpc) is 3.63. The van der Waals surface area contributed by atoms with Gasteiger partial charge in [-0.2, -0.15) is 0 Å². The van der Waals surface area contributed by atoms with Crippen LogP contribution in [0.4, 0.5) is 8.78 Å². The molecule has 0 radical (unpaired) electrons. The number of aromatic nitrogens is 2. The Morgan fingerprint density at radius 3 is 2.60 bits per heavy atom. The van der Waals surface area contributed by atoms with Crippen LogP contribution in [0.25, 0.3) is 22.2 Å². The summed E-state index contributed by atoms with van der Waals surface area (Å²) >= 11 is 0. The van der Waals surface area contributed by atoms with E-state index in [-0.39, 0.29) is 43.1 Å². The van der Waals surface area contributed by atoms with E-state index in [1.54, 1.807) is 37.4 Å². The number of benzene rings is 2. The molecule has 2 atom stereocenters. The number of pyridine rings is 2. The van der Waals surface area contributed by atoms with Crippen LogP contribution < -0.4 is 20.1 Å². The van der Waals surface area contributed by atoms with Crippen LogP contribution in [0.1, 0.15) is 48.3 Å². The van der Waals surface area contributed by atoms with Gasteiger partial charge in [-0.15, -0.1) is 0 Å². The fourth-order valence-electron chi connectivity index (χ4n) is 5.12. The third-order valence-corrected chi connectivity index (χ3v) is 8.01. The second kappa shape index (κ2) is 10.3. The molecule has 3 heterocycles. The molecule has 11 heteroatoms. The van der Waals surface area contributed by atoms with Gasteiger partial charge in [0.15, 0.2) is 5.79 Å². The number of nitrogens with one attached hydrogen (secondary N) is 2. The van der Waals surface area contributed by atoms with Crippen molar-refractivity contribution in [3.8, 4) is 22.8 Å². The highest BCUT2D eigenvalue weighted by atomic mass is 19.1. The first-order valence-corrected chi connectivity index (χ1v) is 13.8. The van der Waals surface area contributed by atoms with Gasteiger partial charge in [0.1, 0.15) is 46.1 Å². The fourth-order valence-corrected chi connectivity index (χ4v) is 5.12. The normalized spacial score (nSPS) is 19.6. The highest BCUT2D eigenvalue weighted by Gasteiger charge is 2.52. The number of halogens is 2. The molecular formula is C32H30F2N4O5. The third kappa shape index (κ3) is 5.25. The molecule has 2 aromatic heterocycles. The SMILES string of the molecule is COc1cc(C(=O)NC[C@](C)(O)c2cc3c(c(-c4ccc(F)cc4)n2)OC[C@]3(C)C(=O)NC2(F)CC2)cc2cccnc12. The molecule has 0 bridgehead atoms. The summed E-state index contributed by atoms with van der Waals surface area (Å²) in [6.45, 7) is 2.79. The van der Waals surface area contributed by atoms with Crippen molar-refractivity contribution in [2.75, 3.05) is 20.3 Å². The van der Waals surface area contributed by atoms with E-state index in [1.165, 1.54) is 38.3 Å². The molecule has 0 spiro atoms. The van der Waals surface area contributed by atoms with E-state index in [4.69, 9.17) is 9.47 Å². The lowest BCUT2D eigenvalue weighted by molar-refractivity contribution is -0.128. The van der Waals surface area contributed by atoms with Crippen molar-refractivity contribution >= 4 is 22.7 Å². The number of hydrogen-bond acceptors (Lipinski definition) is 7. The number of nitrogens with zero attached hydrogens (tertiary/aromatic N) is 2. The Bertz CT molecular complexity index is 1760. The maximum Gasteiger partial charge on any atom is 0.251 e. The topological polar surface area (TPSA) is 123 Å². The predicted molar refractivity (Wildman–Crippen MR) is 154 cm³/mol. The van der Waals surface area contributed by atoms with Gasteiger partial charge in [-0.1, -0.05) is 6.07 Å². The van der Waals surface area contributed by atoms with E-state index in [2.05, 4.69) is 20.6 Å². The summed E-state index contributed by atoms with van der Waals surface area (Å²) < 4.78 is 39.7. The van der Waals surface area contributed by atoms with E-state index in [9.17, 15) is 23.5 Å². The largest absolute Gasteiger partial charge is 0.494 e. The van der Waals surface area contributed by atoms with Crippen molar-refractivity contribution < 1.29 is 33.0 Å². The Morgan fingerprint density at radius 2 is 1.91 bits per heavy atom.